The van der Waals surface area contributed by atoms with Crippen molar-refractivity contribution in [1.29, 1.82) is 0 Å². The first-order valence-corrected chi connectivity index (χ1v) is 21.3. The Balaban J connectivity index is 1.66. The van der Waals surface area contributed by atoms with E-state index in [-0.39, 0.29) is 37.9 Å². The molecule has 2 aromatic rings. The molecule has 0 radical (unpaired) electrons. The van der Waals surface area contributed by atoms with Gasteiger partial charge in [-0.05, 0) is 29.9 Å². The zero-order valence-corrected chi connectivity index (χ0v) is 33.9. The standard InChI is InChI=1S/C46H72N2O6/c1-4-5-6-7-8-9-10-11-12-13-14-15-16-17-18-19-20-21-28-33-42(49)48-44(38(2)3)45(51)47-41(46(52)54-37-40-31-26-23-27-32-40)34-35-43(50)53-36-39-29-24-22-25-30-39/h22-27,29-32,38,41,44H,4-21,28,33-37H2,1-3H3,(H,47,51)(H,48,49)/t41-,44-/m0/s1. The number of carbonyl (C=O) groups is 4. The number of esters is 2. The molecular formula is C46H72N2O6. The van der Waals surface area contributed by atoms with E-state index in [0.29, 0.717) is 6.42 Å². The topological polar surface area (TPSA) is 111 Å². The molecule has 0 saturated carbocycles. The lowest BCUT2D eigenvalue weighted by Crippen LogP contribution is -2.54. The van der Waals surface area contributed by atoms with Crippen LogP contribution in [0.25, 0.3) is 0 Å². The highest BCUT2D eigenvalue weighted by Crippen LogP contribution is 2.16. The summed E-state index contributed by atoms with van der Waals surface area (Å²) in [5.41, 5.74) is 1.66. The molecule has 0 aliphatic carbocycles. The van der Waals surface area contributed by atoms with Crippen LogP contribution in [0.3, 0.4) is 0 Å². The summed E-state index contributed by atoms with van der Waals surface area (Å²) in [5, 5.41) is 5.65. The highest BCUT2D eigenvalue weighted by atomic mass is 16.5. The van der Waals surface area contributed by atoms with Gasteiger partial charge >= 0.3 is 11.9 Å². The second kappa shape index (κ2) is 30.6. The van der Waals surface area contributed by atoms with E-state index < -0.39 is 29.9 Å². The van der Waals surface area contributed by atoms with Crippen LogP contribution in [-0.2, 0) is 41.9 Å². The second-order valence-corrected chi connectivity index (χ2v) is 15.2. The van der Waals surface area contributed by atoms with Crippen LogP contribution in [0, 0.1) is 5.92 Å². The summed E-state index contributed by atoms with van der Waals surface area (Å²) < 4.78 is 10.9. The molecule has 2 N–H and O–H groups in total. The molecule has 0 aromatic heterocycles. The number of carbonyl (C=O) groups excluding carboxylic acids is 4. The zero-order valence-electron chi connectivity index (χ0n) is 33.9. The van der Waals surface area contributed by atoms with E-state index in [1.54, 1.807) is 0 Å². The molecule has 0 bridgehead atoms. The van der Waals surface area contributed by atoms with Gasteiger partial charge in [0, 0.05) is 12.8 Å². The normalized spacial score (nSPS) is 12.2. The van der Waals surface area contributed by atoms with E-state index >= 15 is 0 Å². The second-order valence-electron chi connectivity index (χ2n) is 15.2. The fourth-order valence-corrected chi connectivity index (χ4v) is 6.56. The van der Waals surface area contributed by atoms with Crippen molar-refractivity contribution in [2.45, 2.75) is 187 Å². The van der Waals surface area contributed by atoms with Crippen molar-refractivity contribution in [2.24, 2.45) is 5.92 Å². The average Bonchev–Trinajstić information content (AvgIpc) is 3.18. The highest BCUT2D eigenvalue weighted by Gasteiger charge is 2.30. The lowest BCUT2D eigenvalue weighted by Gasteiger charge is -2.25. The van der Waals surface area contributed by atoms with Crippen molar-refractivity contribution in [2.75, 3.05) is 0 Å². The molecule has 0 saturated heterocycles. The molecule has 2 aromatic carbocycles. The predicted octanol–water partition coefficient (Wildman–Crippen LogP) is 10.7. The van der Waals surface area contributed by atoms with E-state index in [2.05, 4.69) is 17.6 Å². The van der Waals surface area contributed by atoms with Gasteiger partial charge in [-0.1, -0.05) is 197 Å². The smallest absolute Gasteiger partial charge is 0.328 e. The molecule has 2 rings (SSSR count). The van der Waals surface area contributed by atoms with Crippen molar-refractivity contribution in [3.8, 4) is 0 Å². The van der Waals surface area contributed by atoms with Gasteiger partial charge in [0.25, 0.3) is 0 Å². The first kappa shape index (κ1) is 46.5. The maximum absolute atomic E-state index is 13.5. The highest BCUT2D eigenvalue weighted by molar-refractivity contribution is 5.91. The van der Waals surface area contributed by atoms with Gasteiger partial charge in [-0.2, -0.15) is 0 Å². The number of hydrogen-bond acceptors (Lipinski definition) is 6. The molecule has 0 aliphatic heterocycles. The van der Waals surface area contributed by atoms with Gasteiger partial charge in [0.15, 0.2) is 0 Å². The van der Waals surface area contributed by atoms with Crippen LogP contribution in [-0.4, -0.2) is 35.8 Å². The van der Waals surface area contributed by atoms with Crippen LogP contribution in [0.15, 0.2) is 60.7 Å². The molecule has 0 aliphatic rings. The summed E-state index contributed by atoms with van der Waals surface area (Å²) in [7, 11) is 0. The SMILES string of the molecule is CCCCCCCCCCCCCCCCCCCCCC(=O)N[C@H](C(=O)N[C@@H](CCC(=O)OCc1ccccc1)C(=O)OCc1ccccc1)C(C)C. The minimum Gasteiger partial charge on any atom is -0.461 e. The Labute approximate surface area is 327 Å². The van der Waals surface area contributed by atoms with Crippen LogP contribution in [0.1, 0.15) is 173 Å². The molecule has 2 atom stereocenters. The lowest BCUT2D eigenvalue weighted by molar-refractivity contribution is -0.151. The molecule has 0 heterocycles. The Kier molecular flexibility index (Phi) is 26.4. The van der Waals surface area contributed by atoms with Gasteiger partial charge in [0.2, 0.25) is 11.8 Å². The maximum atomic E-state index is 13.5. The Hall–Kier alpha value is -3.68. The largest absolute Gasteiger partial charge is 0.461 e. The number of nitrogens with one attached hydrogen (secondary N) is 2. The first-order chi connectivity index (χ1) is 26.3. The molecular weight excluding hydrogens is 677 g/mol. The summed E-state index contributed by atoms with van der Waals surface area (Å²) in [6.07, 6.45) is 24.9. The van der Waals surface area contributed by atoms with E-state index in [1.807, 2.05) is 74.5 Å². The Bertz CT molecular complexity index is 1270. The van der Waals surface area contributed by atoms with E-state index in [0.717, 1.165) is 30.4 Å². The fourth-order valence-electron chi connectivity index (χ4n) is 6.56. The number of benzene rings is 2. The zero-order chi connectivity index (χ0) is 39.1. The number of ether oxygens (including phenoxy) is 2. The molecule has 0 spiro atoms. The van der Waals surface area contributed by atoms with Crippen LogP contribution in [0.4, 0.5) is 0 Å². The molecule has 302 valence electrons. The minimum absolute atomic E-state index is 0.00506. The third kappa shape index (κ3) is 23.2. The van der Waals surface area contributed by atoms with Crippen molar-refractivity contribution in [3.05, 3.63) is 71.8 Å². The van der Waals surface area contributed by atoms with Gasteiger partial charge in [-0.3, -0.25) is 14.4 Å². The quantitative estimate of drug-likeness (QED) is 0.0569. The third-order valence-electron chi connectivity index (χ3n) is 9.98. The lowest BCUT2D eigenvalue weighted by atomic mass is 10.0. The molecule has 54 heavy (non-hydrogen) atoms. The summed E-state index contributed by atoms with van der Waals surface area (Å²) in [6, 6.07) is 16.7. The minimum atomic E-state index is -1.08. The van der Waals surface area contributed by atoms with E-state index in [9.17, 15) is 19.2 Å². The Morgan fingerprint density at radius 2 is 0.963 bits per heavy atom. The molecule has 0 fully saturated rings. The fraction of sp³-hybridized carbons (Fsp3) is 0.652. The number of unbranched alkanes of at least 4 members (excludes halogenated alkanes) is 18. The van der Waals surface area contributed by atoms with E-state index in [4.69, 9.17) is 9.47 Å². The van der Waals surface area contributed by atoms with Gasteiger partial charge in [-0.25, -0.2) is 4.79 Å². The predicted molar refractivity (Wildman–Crippen MR) is 218 cm³/mol. The van der Waals surface area contributed by atoms with Crippen LogP contribution < -0.4 is 10.6 Å². The van der Waals surface area contributed by atoms with Crippen molar-refractivity contribution < 1.29 is 28.7 Å². The Morgan fingerprint density at radius 1 is 0.537 bits per heavy atom. The van der Waals surface area contributed by atoms with Crippen LogP contribution >= 0.6 is 0 Å². The third-order valence-corrected chi connectivity index (χ3v) is 9.98. The molecule has 2 amide bonds. The summed E-state index contributed by atoms with van der Waals surface area (Å²) in [4.78, 5) is 52.1. The van der Waals surface area contributed by atoms with E-state index in [1.165, 1.54) is 103 Å². The number of amides is 2. The van der Waals surface area contributed by atoms with Crippen LogP contribution in [0.5, 0.6) is 0 Å². The maximum Gasteiger partial charge on any atom is 0.328 e. The molecule has 0 unspecified atom stereocenters. The van der Waals surface area contributed by atoms with Crippen molar-refractivity contribution >= 4 is 23.8 Å². The number of hydrogen-bond donors (Lipinski definition) is 2. The summed E-state index contributed by atoms with van der Waals surface area (Å²) in [6.45, 7) is 6.14. The van der Waals surface area contributed by atoms with Gasteiger partial charge in [0.05, 0.1) is 0 Å². The Morgan fingerprint density at radius 3 is 1.41 bits per heavy atom. The van der Waals surface area contributed by atoms with Crippen LogP contribution in [0.2, 0.25) is 0 Å². The van der Waals surface area contributed by atoms with Gasteiger partial charge in [0.1, 0.15) is 25.3 Å². The van der Waals surface area contributed by atoms with Crippen molar-refractivity contribution in [3.63, 3.8) is 0 Å². The summed E-state index contributed by atoms with van der Waals surface area (Å²) >= 11 is 0. The number of rotatable bonds is 32. The average molecular weight is 749 g/mol. The first-order valence-electron chi connectivity index (χ1n) is 21.3. The van der Waals surface area contributed by atoms with Gasteiger partial charge in [-0.15, -0.1) is 0 Å². The molecule has 8 nitrogen and oxygen atoms in total. The monoisotopic (exact) mass is 749 g/mol. The summed E-state index contributed by atoms with van der Waals surface area (Å²) in [5.74, 6) is -2.00. The molecule has 8 heteroatoms. The van der Waals surface area contributed by atoms with Crippen molar-refractivity contribution in [1.82, 2.24) is 10.6 Å². The van der Waals surface area contributed by atoms with Gasteiger partial charge < -0.3 is 20.1 Å².